The summed E-state index contributed by atoms with van der Waals surface area (Å²) in [6.07, 6.45) is 1.90. The highest BCUT2D eigenvalue weighted by atomic mass is 32.1. The predicted molar refractivity (Wildman–Crippen MR) is 90.0 cm³/mol. The van der Waals surface area contributed by atoms with Crippen molar-refractivity contribution in [2.45, 2.75) is 26.4 Å². The topological polar surface area (TPSA) is 74.2 Å². The molecule has 0 radical (unpaired) electrons. The van der Waals surface area contributed by atoms with Crippen LogP contribution in [0.25, 0.3) is 10.6 Å². The van der Waals surface area contributed by atoms with E-state index in [2.05, 4.69) is 15.6 Å². The zero-order valence-corrected chi connectivity index (χ0v) is 13.6. The molecule has 5 nitrogen and oxygen atoms in total. The number of hydrogen-bond donors (Lipinski definition) is 3. The summed E-state index contributed by atoms with van der Waals surface area (Å²) in [5, 5.41) is 18.0. The number of benzene rings is 1. The quantitative estimate of drug-likeness (QED) is 0.764. The van der Waals surface area contributed by atoms with E-state index >= 15 is 0 Å². The molecule has 0 aliphatic rings. The van der Waals surface area contributed by atoms with Gasteiger partial charge in [0.25, 0.3) is 0 Å². The minimum absolute atomic E-state index is 0.246. The van der Waals surface area contributed by atoms with Gasteiger partial charge < -0.3 is 15.7 Å². The summed E-state index contributed by atoms with van der Waals surface area (Å²) in [7, 11) is 0. The molecule has 0 spiro atoms. The summed E-state index contributed by atoms with van der Waals surface area (Å²) in [5.74, 6) is 0.398. The highest BCUT2D eigenvalue weighted by Crippen LogP contribution is 2.24. The summed E-state index contributed by atoms with van der Waals surface area (Å²) in [5.41, 5.74) is 1.66. The third-order valence-electron chi connectivity index (χ3n) is 3.04. The van der Waals surface area contributed by atoms with E-state index in [4.69, 9.17) is 0 Å². The van der Waals surface area contributed by atoms with Gasteiger partial charge in [0.2, 0.25) is 0 Å². The van der Waals surface area contributed by atoms with Crippen LogP contribution in [0.5, 0.6) is 0 Å². The number of aliphatic hydroxyl groups excluding tert-OH is 1. The number of amides is 2. The van der Waals surface area contributed by atoms with Gasteiger partial charge in [0.05, 0.1) is 6.10 Å². The molecular formula is C16H21N3O2S. The second-order valence-electron chi connectivity index (χ2n) is 5.54. The summed E-state index contributed by atoms with van der Waals surface area (Å²) in [4.78, 5) is 16.1. The predicted octanol–water partition coefficient (Wildman–Crippen LogP) is 3.34. The first-order chi connectivity index (χ1) is 10.5. The molecule has 0 saturated carbocycles. The molecule has 1 aromatic heterocycles. The van der Waals surface area contributed by atoms with Crippen LogP contribution in [-0.4, -0.2) is 28.8 Å². The molecule has 2 rings (SSSR count). The Balaban J connectivity index is 1.88. The van der Waals surface area contributed by atoms with Crippen LogP contribution in [0, 0.1) is 5.92 Å². The lowest BCUT2D eigenvalue weighted by molar-refractivity contribution is 0.148. The average Bonchev–Trinajstić information content (AvgIpc) is 2.99. The van der Waals surface area contributed by atoms with Gasteiger partial charge in [0, 0.05) is 29.4 Å². The first-order valence-electron chi connectivity index (χ1n) is 7.27. The van der Waals surface area contributed by atoms with Crippen LogP contribution < -0.4 is 10.6 Å². The van der Waals surface area contributed by atoms with Gasteiger partial charge in [0.15, 0.2) is 0 Å². The number of hydrogen-bond acceptors (Lipinski definition) is 4. The summed E-state index contributed by atoms with van der Waals surface area (Å²) < 4.78 is 0. The van der Waals surface area contributed by atoms with E-state index in [9.17, 15) is 9.90 Å². The van der Waals surface area contributed by atoms with Gasteiger partial charge in [0.1, 0.15) is 5.01 Å². The Labute approximate surface area is 134 Å². The molecule has 0 bridgehead atoms. The van der Waals surface area contributed by atoms with Crippen LogP contribution in [0.2, 0.25) is 0 Å². The third kappa shape index (κ3) is 5.13. The third-order valence-corrected chi connectivity index (χ3v) is 3.86. The smallest absolute Gasteiger partial charge is 0.319 e. The number of aliphatic hydroxyl groups is 1. The number of rotatable bonds is 6. The monoisotopic (exact) mass is 319 g/mol. The molecule has 1 unspecified atom stereocenters. The number of aromatic nitrogens is 1. The molecule has 0 saturated heterocycles. The second kappa shape index (κ2) is 7.91. The van der Waals surface area contributed by atoms with Gasteiger partial charge in [-0.25, -0.2) is 9.78 Å². The Morgan fingerprint density at radius 3 is 2.91 bits per heavy atom. The first kappa shape index (κ1) is 16.5. The van der Waals surface area contributed by atoms with Crippen LogP contribution in [0.3, 0.4) is 0 Å². The largest absolute Gasteiger partial charge is 0.391 e. The minimum Gasteiger partial charge on any atom is -0.391 e. The summed E-state index contributed by atoms with van der Waals surface area (Å²) in [6, 6.07) is 7.21. The van der Waals surface area contributed by atoms with Crippen LogP contribution >= 0.6 is 11.3 Å². The molecule has 0 fully saturated rings. The minimum atomic E-state index is -0.521. The van der Waals surface area contributed by atoms with E-state index in [0.717, 1.165) is 10.6 Å². The van der Waals surface area contributed by atoms with Gasteiger partial charge in [-0.2, -0.15) is 0 Å². The van der Waals surface area contributed by atoms with E-state index < -0.39 is 6.10 Å². The van der Waals surface area contributed by atoms with Crippen molar-refractivity contribution in [1.82, 2.24) is 10.3 Å². The molecule has 0 aliphatic carbocycles. The van der Waals surface area contributed by atoms with E-state index in [1.807, 2.05) is 43.5 Å². The Bertz CT molecular complexity index is 599. The number of nitrogens with one attached hydrogen (secondary N) is 2. The van der Waals surface area contributed by atoms with E-state index in [1.54, 1.807) is 17.5 Å². The lowest BCUT2D eigenvalue weighted by atomic mass is 10.1. The molecule has 2 aromatic rings. The molecule has 3 N–H and O–H groups in total. The maximum Gasteiger partial charge on any atom is 0.319 e. The van der Waals surface area contributed by atoms with Crippen molar-refractivity contribution < 1.29 is 9.90 Å². The highest BCUT2D eigenvalue weighted by Gasteiger charge is 2.09. The summed E-state index contributed by atoms with van der Waals surface area (Å²) in [6.45, 7) is 4.32. The van der Waals surface area contributed by atoms with Crippen LogP contribution in [0.15, 0.2) is 35.8 Å². The van der Waals surface area contributed by atoms with E-state index in [1.165, 1.54) is 0 Å². The zero-order chi connectivity index (χ0) is 15.9. The number of thiazole rings is 1. The Hall–Kier alpha value is -1.92. The van der Waals surface area contributed by atoms with Crippen molar-refractivity contribution in [3.63, 3.8) is 0 Å². The molecule has 6 heteroatoms. The van der Waals surface area contributed by atoms with Crippen molar-refractivity contribution in [3.8, 4) is 10.6 Å². The molecule has 1 atom stereocenters. The standard InChI is InChI=1S/C16H21N3O2S/c1-11(2)8-14(20)10-18-16(21)19-13-5-3-4-12(9-13)15-17-6-7-22-15/h3-7,9,11,14,20H,8,10H2,1-2H3,(H2,18,19,21). The number of nitrogens with zero attached hydrogens (tertiary/aromatic N) is 1. The Morgan fingerprint density at radius 1 is 1.41 bits per heavy atom. The van der Waals surface area contributed by atoms with Crippen molar-refractivity contribution >= 4 is 23.1 Å². The number of carbonyl (C=O) groups excluding carboxylic acids is 1. The Kier molecular flexibility index (Phi) is 5.91. The van der Waals surface area contributed by atoms with Crippen LogP contribution in [0.4, 0.5) is 10.5 Å². The number of urea groups is 1. The molecular weight excluding hydrogens is 298 g/mol. The van der Waals surface area contributed by atoms with Crippen molar-refractivity contribution in [2.24, 2.45) is 5.92 Å². The molecule has 1 heterocycles. The van der Waals surface area contributed by atoms with Crippen molar-refractivity contribution in [1.29, 1.82) is 0 Å². The van der Waals surface area contributed by atoms with E-state index in [-0.39, 0.29) is 12.6 Å². The van der Waals surface area contributed by atoms with Crippen molar-refractivity contribution in [3.05, 3.63) is 35.8 Å². The number of anilines is 1. The van der Waals surface area contributed by atoms with Gasteiger partial charge in [-0.15, -0.1) is 11.3 Å². The van der Waals surface area contributed by atoms with E-state index in [0.29, 0.717) is 18.0 Å². The molecule has 2 amide bonds. The summed E-state index contributed by atoms with van der Waals surface area (Å²) >= 11 is 1.55. The van der Waals surface area contributed by atoms with Gasteiger partial charge in [-0.05, 0) is 24.5 Å². The number of carbonyl (C=O) groups is 1. The van der Waals surface area contributed by atoms with Crippen molar-refractivity contribution in [2.75, 3.05) is 11.9 Å². The first-order valence-corrected chi connectivity index (χ1v) is 8.15. The second-order valence-corrected chi connectivity index (χ2v) is 6.43. The van der Waals surface area contributed by atoms with Gasteiger partial charge in [-0.1, -0.05) is 26.0 Å². The Morgan fingerprint density at radius 2 is 2.23 bits per heavy atom. The average molecular weight is 319 g/mol. The molecule has 22 heavy (non-hydrogen) atoms. The molecule has 118 valence electrons. The molecule has 1 aromatic carbocycles. The maximum atomic E-state index is 11.9. The fraction of sp³-hybridized carbons (Fsp3) is 0.375. The van der Waals surface area contributed by atoms with Gasteiger partial charge in [-0.3, -0.25) is 0 Å². The normalized spacial score (nSPS) is 12.2. The lowest BCUT2D eigenvalue weighted by Gasteiger charge is -2.14. The fourth-order valence-electron chi connectivity index (χ4n) is 2.11. The highest BCUT2D eigenvalue weighted by molar-refractivity contribution is 7.13. The maximum absolute atomic E-state index is 11.9. The SMILES string of the molecule is CC(C)CC(O)CNC(=O)Nc1cccc(-c2nccs2)c1. The molecule has 0 aliphatic heterocycles. The fourth-order valence-corrected chi connectivity index (χ4v) is 2.74. The lowest BCUT2D eigenvalue weighted by Crippen LogP contribution is -2.35. The van der Waals surface area contributed by atoms with Gasteiger partial charge >= 0.3 is 6.03 Å². The van der Waals surface area contributed by atoms with Crippen LogP contribution in [-0.2, 0) is 0 Å². The zero-order valence-electron chi connectivity index (χ0n) is 12.7. The van der Waals surface area contributed by atoms with Crippen LogP contribution in [0.1, 0.15) is 20.3 Å².